The van der Waals surface area contributed by atoms with Crippen LogP contribution in [0.5, 0.6) is 0 Å². The SMILES string of the molecule is CCc1ccccc1NC(=O)CNc1ccc(C(=O)c2ccccc2)cc1[N+](=O)[O-]. The van der Waals surface area contributed by atoms with Gasteiger partial charge in [-0.05, 0) is 30.2 Å². The van der Waals surface area contributed by atoms with Crippen molar-refractivity contribution in [3.63, 3.8) is 0 Å². The zero-order chi connectivity index (χ0) is 21.5. The molecular formula is C23H21N3O4. The summed E-state index contributed by atoms with van der Waals surface area (Å²) >= 11 is 0. The lowest BCUT2D eigenvalue weighted by atomic mass is 10.0. The first-order valence-electron chi connectivity index (χ1n) is 9.49. The van der Waals surface area contributed by atoms with E-state index < -0.39 is 4.92 Å². The van der Waals surface area contributed by atoms with Crippen LogP contribution in [-0.4, -0.2) is 23.2 Å². The second-order valence-corrected chi connectivity index (χ2v) is 6.60. The van der Waals surface area contributed by atoms with Gasteiger partial charge in [0.1, 0.15) is 5.69 Å². The van der Waals surface area contributed by atoms with E-state index in [1.165, 1.54) is 18.2 Å². The molecule has 1 amide bonds. The summed E-state index contributed by atoms with van der Waals surface area (Å²) in [5.41, 5.74) is 2.27. The monoisotopic (exact) mass is 403 g/mol. The normalized spacial score (nSPS) is 10.3. The molecule has 3 aromatic carbocycles. The van der Waals surface area contributed by atoms with Crippen LogP contribution in [0.25, 0.3) is 0 Å². The summed E-state index contributed by atoms with van der Waals surface area (Å²) in [6.07, 6.45) is 0.770. The van der Waals surface area contributed by atoms with Gasteiger partial charge in [0, 0.05) is 22.9 Å². The summed E-state index contributed by atoms with van der Waals surface area (Å²) in [6, 6.07) is 20.2. The van der Waals surface area contributed by atoms with Crippen LogP contribution in [0.15, 0.2) is 72.8 Å². The van der Waals surface area contributed by atoms with Gasteiger partial charge in [-0.3, -0.25) is 19.7 Å². The van der Waals surface area contributed by atoms with Gasteiger partial charge in [-0.2, -0.15) is 0 Å². The van der Waals surface area contributed by atoms with Crippen LogP contribution in [0.2, 0.25) is 0 Å². The molecule has 0 saturated heterocycles. The Hall–Kier alpha value is -4.00. The van der Waals surface area contributed by atoms with Gasteiger partial charge in [0.2, 0.25) is 5.91 Å². The van der Waals surface area contributed by atoms with E-state index in [9.17, 15) is 19.7 Å². The third-order valence-corrected chi connectivity index (χ3v) is 4.60. The average Bonchev–Trinajstić information content (AvgIpc) is 2.78. The molecule has 7 nitrogen and oxygen atoms in total. The molecule has 0 saturated carbocycles. The number of anilines is 2. The van der Waals surface area contributed by atoms with Crippen LogP contribution in [-0.2, 0) is 11.2 Å². The van der Waals surface area contributed by atoms with E-state index in [2.05, 4.69) is 10.6 Å². The Morgan fingerprint density at radius 1 is 0.900 bits per heavy atom. The molecule has 0 aromatic heterocycles. The van der Waals surface area contributed by atoms with E-state index in [4.69, 9.17) is 0 Å². The zero-order valence-corrected chi connectivity index (χ0v) is 16.4. The summed E-state index contributed by atoms with van der Waals surface area (Å²) in [4.78, 5) is 35.8. The van der Waals surface area contributed by atoms with Gasteiger partial charge in [0.15, 0.2) is 5.78 Å². The maximum Gasteiger partial charge on any atom is 0.293 e. The quantitative estimate of drug-likeness (QED) is 0.329. The number of nitro benzene ring substituents is 1. The maximum absolute atomic E-state index is 12.6. The van der Waals surface area contributed by atoms with Crippen LogP contribution in [0.3, 0.4) is 0 Å². The first-order valence-corrected chi connectivity index (χ1v) is 9.49. The Morgan fingerprint density at radius 2 is 1.60 bits per heavy atom. The van der Waals surface area contributed by atoms with Crippen LogP contribution in [0.1, 0.15) is 28.4 Å². The van der Waals surface area contributed by atoms with Crippen molar-refractivity contribution in [1.29, 1.82) is 0 Å². The molecule has 0 aliphatic rings. The third-order valence-electron chi connectivity index (χ3n) is 4.60. The Kier molecular flexibility index (Phi) is 6.54. The van der Waals surface area contributed by atoms with Gasteiger partial charge in [-0.15, -0.1) is 0 Å². The maximum atomic E-state index is 12.6. The van der Waals surface area contributed by atoms with Crippen molar-refractivity contribution in [3.8, 4) is 0 Å². The van der Waals surface area contributed by atoms with E-state index in [1.807, 2.05) is 31.2 Å². The van der Waals surface area contributed by atoms with E-state index in [0.717, 1.165) is 12.0 Å². The minimum absolute atomic E-state index is 0.148. The molecule has 0 spiro atoms. The van der Waals surface area contributed by atoms with Crippen LogP contribution < -0.4 is 10.6 Å². The first-order chi connectivity index (χ1) is 14.5. The number of carbonyl (C=O) groups excluding carboxylic acids is 2. The number of benzene rings is 3. The minimum Gasteiger partial charge on any atom is -0.371 e. The number of hydrogen-bond acceptors (Lipinski definition) is 5. The molecule has 0 radical (unpaired) electrons. The lowest BCUT2D eigenvalue weighted by Gasteiger charge is -2.11. The zero-order valence-electron chi connectivity index (χ0n) is 16.4. The van der Waals surface area contributed by atoms with E-state index >= 15 is 0 Å². The molecule has 3 aromatic rings. The van der Waals surface area contributed by atoms with Crippen molar-refractivity contribution in [1.82, 2.24) is 0 Å². The molecule has 2 N–H and O–H groups in total. The third kappa shape index (κ3) is 4.88. The van der Waals surface area contributed by atoms with Crippen LogP contribution in [0.4, 0.5) is 17.1 Å². The summed E-state index contributed by atoms with van der Waals surface area (Å²) in [5, 5.41) is 17.1. The predicted molar refractivity (Wildman–Crippen MR) is 116 cm³/mol. The molecule has 0 unspecified atom stereocenters. The number of nitrogens with one attached hydrogen (secondary N) is 2. The largest absolute Gasteiger partial charge is 0.371 e. The van der Waals surface area contributed by atoms with Crippen molar-refractivity contribution in [2.75, 3.05) is 17.2 Å². The number of amides is 1. The topological polar surface area (TPSA) is 101 Å². The molecule has 0 fully saturated rings. The molecule has 0 aliphatic carbocycles. The predicted octanol–water partition coefficient (Wildman–Crippen LogP) is 4.44. The van der Waals surface area contributed by atoms with Gasteiger partial charge in [0.05, 0.1) is 11.5 Å². The van der Waals surface area contributed by atoms with Crippen molar-refractivity contribution in [3.05, 3.63) is 99.6 Å². The number of para-hydroxylation sites is 1. The molecule has 3 rings (SSSR count). The molecule has 0 atom stereocenters. The molecule has 0 bridgehead atoms. The lowest BCUT2D eigenvalue weighted by molar-refractivity contribution is -0.384. The highest BCUT2D eigenvalue weighted by molar-refractivity contribution is 6.09. The fourth-order valence-electron chi connectivity index (χ4n) is 3.05. The fraction of sp³-hybridized carbons (Fsp3) is 0.130. The standard InChI is InChI=1S/C23H21N3O4/c1-2-16-8-6-7-11-19(16)25-22(27)15-24-20-13-12-18(14-21(20)26(29)30)23(28)17-9-4-3-5-10-17/h3-14,24H,2,15H2,1H3,(H,25,27). The number of nitrogens with zero attached hydrogens (tertiary/aromatic N) is 1. The molecule has 0 heterocycles. The lowest BCUT2D eigenvalue weighted by Crippen LogP contribution is -2.22. The van der Waals surface area contributed by atoms with Gasteiger partial charge < -0.3 is 10.6 Å². The number of hydrogen-bond donors (Lipinski definition) is 2. The smallest absolute Gasteiger partial charge is 0.293 e. The van der Waals surface area contributed by atoms with Crippen LogP contribution >= 0.6 is 0 Å². The van der Waals surface area contributed by atoms with Gasteiger partial charge in [-0.1, -0.05) is 55.5 Å². The number of rotatable bonds is 8. The minimum atomic E-state index is -0.575. The molecule has 30 heavy (non-hydrogen) atoms. The van der Waals surface area contributed by atoms with Crippen molar-refractivity contribution < 1.29 is 14.5 Å². The van der Waals surface area contributed by atoms with E-state index in [-0.39, 0.29) is 35.2 Å². The molecule has 152 valence electrons. The summed E-state index contributed by atoms with van der Waals surface area (Å²) in [7, 11) is 0. The number of nitro groups is 1. The Bertz CT molecular complexity index is 1080. The Balaban J connectivity index is 1.73. The van der Waals surface area contributed by atoms with Crippen molar-refractivity contribution in [2.24, 2.45) is 0 Å². The number of aryl methyl sites for hydroxylation is 1. The summed E-state index contributed by atoms with van der Waals surface area (Å²) < 4.78 is 0. The second-order valence-electron chi connectivity index (χ2n) is 6.60. The second kappa shape index (κ2) is 9.47. The highest BCUT2D eigenvalue weighted by Gasteiger charge is 2.19. The molecule has 0 aliphatic heterocycles. The van der Waals surface area contributed by atoms with Gasteiger partial charge in [0.25, 0.3) is 5.69 Å². The summed E-state index contributed by atoms with van der Waals surface area (Å²) in [5.74, 6) is -0.631. The molecular weight excluding hydrogens is 382 g/mol. The highest BCUT2D eigenvalue weighted by Crippen LogP contribution is 2.27. The van der Waals surface area contributed by atoms with E-state index in [1.54, 1.807) is 30.3 Å². The molecule has 7 heteroatoms. The Morgan fingerprint density at radius 3 is 2.30 bits per heavy atom. The fourth-order valence-corrected chi connectivity index (χ4v) is 3.05. The first kappa shape index (κ1) is 20.7. The highest BCUT2D eigenvalue weighted by atomic mass is 16.6. The number of carbonyl (C=O) groups is 2. The van der Waals surface area contributed by atoms with Gasteiger partial charge in [-0.25, -0.2) is 0 Å². The number of ketones is 1. The van der Waals surface area contributed by atoms with Crippen molar-refractivity contribution in [2.45, 2.75) is 13.3 Å². The van der Waals surface area contributed by atoms with Crippen LogP contribution in [0, 0.1) is 10.1 Å². The van der Waals surface area contributed by atoms with Crippen molar-refractivity contribution >= 4 is 28.8 Å². The van der Waals surface area contributed by atoms with E-state index in [0.29, 0.717) is 11.3 Å². The van der Waals surface area contributed by atoms with Gasteiger partial charge >= 0.3 is 0 Å². The average molecular weight is 403 g/mol. The summed E-state index contributed by atoms with van der Waals surface area (Å²) in [6.45, 7) is 1.84. The Labute approximate surface area is 173 Å².